The van der Waals surface area contributed by atoms with Crippen molar-refractivity contribution in [3.63, 3.8) is 0 Å². The first-order valence-corrected chi connectivity index (χ1v) is 5.64. The molecule has 2 rings (SSSR count). The monoisotopic (exact) mass is 273 g/mol. The molecule has 0 aliphatic heterocycles. The minimum atomic E-state index is -0.449. The van der Waals surface area contributed by atoms with Crippen molar-refractivity contribution in [3.8, 4) is 11.8 Å². The van der Waals surface area contributed by atoms with Gasteiger partial charge < -0.3 is 10.4 Å². The molecule has 1 aromatic carbocycles. The summed E-state index contributed by atoms with van der Waals surface area (Å²) < 4.78 is 0. The van der Waals surface area contributed by atoms with Crippen LogP contribution in [0.25, 0.3) is 0 Å². The average Bonchev–Trinajstić information content (AvgIpc) is 2.43. The van der Waals surface area contributed by atoms with Gasteiger partial charge in [-0.2, -0.15) is 5.26 Å². The summed E-state index contributed by atoms with van der Waals surface area (Å²) in [6, 6.07) is 9.10. The van der Waals surface area contributed by atoms with Crippen LogP contribution in [0.3, 0.4) is 0 Å². The van der Waals surface area contributed by atoms with Crippen LogP contribution in [-0.2, 0) is 0 Å². The number of hydrogen-bond acceptors (Lipinski definition) is 4. The number of benzene rings is 1. The number of amides is 1. The molecule has 1 amide bonds. The highest BCUT2D eigenvalue weighted by atomic mass is 35.5. The number of phenolic OH excluding ortho intramolecular Hbond substituents is 1. The molecular formula is C13H8ClN3O2. The van der Waals surface area contributed by atoms with E-state index in [0.717, 1.165) is 0 Å². The number of nitriles is 1. The predicted molar refractivity (Wildman–Crippen MR) is 70.0 cm³/mol. The van der Waals surface area contributed by atoms with E-state index < -0.39 is 5.91 Å². The first kappa shape index (κ1) is 12.9. The van der Waals surface area contributed by atoms with Crippen LogP contribution in [0, 0.1) is 11.3 Å². The van der Waals surface area contributed by atoms with E-state index in [0.29, 0.717) is 5.02 Å². The SMILES string of the molecule is N#Cc1ccc(C(=O)Nc2cc(Cl)ccc2O)cn1. The van der Waals surface area contributed by atoms with Crippen LogP contribution in [0.15, 0.2) is 36.5 Å². The zero-order valence-electron chi connectivity index (χ0n) is 9.59. The first-order valence-electron chi connectivity index (χ1n) is 5.26. The highest BCUT2D eigenvalue weighted by Gasteiger charge is 2.10. The van der Waals surface area contributed by atoms with Crippen molar-refractivity contribution in [2.24, 2.45) is 0 Å². The second-order valence-electron chi connectivity index (χ2n) is 3.66. The highest BCUT2D eigenvalue weighted by Crippen LogP contribution is 2.26. The van der Waals surface area contributed by atoms with Gasteiger partial charge in [0, 0.05) is 11.2 Å². The number of rotatable bonds is 2. The van der Waals surface area contributed by atoms with Gasteiger partial charge in [0.1, 0.15) is 17.5 Å². The second-order valence-corrected chi connectivity index (χ2v) is 4.10. The van der Waals surface area contributed by atoms with Crippen molar-refractivity contribution in [2.75, 3.05) is 5.32 Å². The van der Waals surface area contributed by atoms with Crippen molar-refractivity contribution in [2.45, 2.75) is 0 Å². The number of hydrogen-bond donors (Lipinski definition) is 2. The average molecular weight is 274 g/mol. The Bertz CT molecular complexity index is 663. The number of carbonyl (C=O) groups excluding carboxylic acids is 1. The number of phenols is 1. The maximum Gasteiger partial charge on any atom is 0.257 e. The van der Waals surface area contributed by atoms with Crippen LogP contribution in [-0.4, -0.2) is 16.0 Å². The normalized spacial score (nSPS) is 9.68. The van der Waals surface area contributed by atoms with Gasteiger partial charge >= 0.3 is 0 Å². The fourth-order valence-corrected chi connectivity index (χ4v) is 1.57. The lowest BCUT2D eigenvalue weighted by Gasteiger charge is -2.07. The van der Waals surface area contributed by atoms with Crippen LogP contribution in [0.2, 0.25) is 5.02 Å². The second kappa shape index (κ2) is 5.38. The van der Waals surface area contributed by atoms with Gasteiger partial charge in [-0.05, 0) is 30.3 Å². The number of nitrogens with zero attached hydrogens (tertiary/aromatic N) is 2. The van der Waals surface area contributed by atoms with Crippen LogP contribution >= 0.6 is 11.6 Å². The Kier molecular flexibility index (Phi) is 3.64. The van der Waals surface area contributed by atoms with Crippen molar-refractivity contribution in [3.05, 3.63) is 52.8 Å². The molecule has 1 aromatic heterocycles. The summed E-state index contributed by atoms with van der Waals surface area (Å²) in [7, 11) is 0. The molecule has 0 fully saturated rings. The molecule has 0 atom stereocenters. The molecule has 2 N–H and O–H groups in total. The number of nitrogens with one attached hydrogen (secondary N) is 1. The highest BCUT2D eigenvalue weighted by molar-refractivity contribution is 6.31. The van der Waals surface area contributed by atoms with Gasteiger partial charge in [0.05, 0.1) is 11.3 Å². The predicted octanol–water partition coefficient (Wildman–Crippen LogP) is 2.56. The number of anilines is 1. The van der Waals surface area contributed by atoms with Crippen molar-refractivity contribution in [1.82, 2.24) is 4.98 Å². The third kappa shape index (κ3) is 3.00. The molecule has 19 heavy (non-hydrogen) atoms. The maximum atomic E-state index is 11.9. The number of halogens is 1. The van der Waals surface area contributed by atoms with Crippen LogP contribution in [0.5, 0.6) is 5.75 Å². The van der Waals surface area contributed by atoms with Crippen molar-refractivity contribution >= 4 is 23.2 Å². The van der Waals surface area contributed by atoms with Gasteiger partial charge in [0.15, 0.2) is 0 Å². The molecular weight excluding hydrogens is 266 g/mol. The summed E-state index contributed by atoms with van der Waals surface area (Å²) in [6.45, 7) is 0. The summed E-state index contributed by atoms with van der Waals surface area (Å²) in [6.07, 6.45) is 1.29. The van der Waals surface area contributed by atoms with E-state index in [1.165, 1.54) is 36.5 Å². The van der Waals surface area contributed by atoms with E-state index in [1.807, 2.05) is 6.07 Å². The minimum absolute atomic E-state index is 0.0839. The third-order valence-corrected chi connectivity index (χ3v) is 2.58. The van der Waals surface area contributed by atoms with E-state index in [9.17, 15) is 9.90 Å². The minimum Gasteiger partial charge on any atom is -0.506 e. The number of aromatic hydroxyl groups is 1. The lowest BCUT2D eigenvalue weighted by molar-refractivity contribution is 0.102. The van der Waals surface area contributed by atoms with Gasteiger partial charge in [-0.1, -0.05) is 11.6 Å². The largest absolute Gasteiger partial charge is 0.506 e. The Labute approximate surface area is 114 Å². The van der Waals surface area contributed by atoms with E-state index in [4.69, 9.17) is 16.9 Å². The lowest BCUT2D eigenvalue weighted by atomic mass is 10.2. The molecule has 94 valence electrons. The number of carbonyl (C=O) groups is 1. The molecule has 2 aromatic rings. The molecule has 6 heteroatoms. The van der Waals surface area contributed by atoms with Gasteiger partial charge in [-0.25, -0.2) is 4.98 Å². The van der Waals surface area contributed by atoms with E-state index in [1.54, 1.807) is 0 Å². The Hall–Kier alpha value is -2.58. The third-order valence-electron chi connectivity index (χ3n) is 2.35. The van der Waals surface area contributed by atoms with Crippen LogP contribution in [0.4, 0.5) is 5.69 Å². The van der Waals surface area contributed by atoms with Crippen molar-refractivity contribution < 1.29 is 9.90 Å². The Morgan fingerprint density at radius 3 is 2.79 bits per heavy atom. The molecule has 0 radical (unpaired) electrons. The fraction of sp³-hybridized carbons (Fsp3) is 0. The van der Waals surface area contributed by atoms with Gasteiger partial charge in [-0.15, -0.1) is 0 Å². The number of pyridine rings is 1. The lowest BCUT2D eigenvalue weighted by Crippen LogP contribution is -2.12. The molecule has 0 saturated heterocycles. The molecule has 5 nitrogen and oxygen atoms in total. The molecule has 0 unspecified atom stereocenters. The molecule has 0 aliphatic carbocycles. The topological polar surface area (TPSA) is 86.0 Å². The molecule has 1 heterocycles. The van der Waals surface area contributed by atoms with Gasteiger partial charge in [-0.3, -0.25) is 4.79 Å². The quantitative estimate of drug-likeness (QED) is 0.824. The Balaban J connectivity index is 2.21. The zero-order chi connectivity index (χ0) is 13.8. The summed E-state index contributed by atoms with van der Waals surface area (Å²) >= 11 is 5.78. The molecule has 0 bridgehead atoms. The standard InChI is InChI=1S/C13H8ClN3O2/c14-9-2-4-12(18)11(5-9)17-13(19)8-1-3-10(6-15)16-7-8/h1-5,7,18H,(H,17,19). The molecule has 0 spiro atoms. The first-order chi connectivity index (χ1) is 9.10. The Morgan fingerprint density at radius 2 is 2.16 bits per heavy atom. The molecule has 0 aliphatic rings. The summed E-state index contributed by atoms with van der Waals surface area (Å²) in [5.41, 5.74) is 0.711. The van der Waals surface area contributed by atoms with Gasteiger partial charge in [0.25, 0.3) is 5.91 Å². The van der Waals surface area contributed by atoms with Gasteiger partial charge in [0.2, 0.25) is 0 Å². The zero-order valence-corrected chi connectivity index (χ0v) is 10.3. The van der Waals surface area contributed by atoms with Crippen LogP contribution < -0.4 is 5.32 Å². The van der Waals surface area contributed by atoms with E-state index in [-0.39, 0.29) is 22.7 Å². The fourth-order valence-electron chi connectivity index (χ4n) is 1.40. The van der Waals surface area contributed by atoms with E-state index >= 15 is 0 Å². The summed E-state index contributed by atoms with van der Waals surface area (Å²) in [5, 5.41) is 21.1. The Morgan fingerprint density at radius 1 is 1.37 bits per heavy atom. The number of aromatic nitrogens is 1. The molecule has 0 saturated carbocycles. The maximum absolute atomic E-state index is 11.9. The van der Waals surface area contributed by atoms with Crippen LogP contribution in [0.1, 0.15) is 16.1 Å². The van der Waals surface area contributed by atoms with Crippen molar-refractivity contribution in [1.29, 1.82) is 5.26 Å². The summed E-state index contributed by atoms with van der Waals surface area (Å²) in [5.74, 6) is -0.533. The van der Waals surface area contributed by atoms with E-state index in [2.05, 4.69) is 10.3 Å². The smallest absolute Gasteiger partial charge is 0.257 e. The summed E-state index contributed by atoms with van der Waals surface area (Å²) in [4.78, 5) is 15.7.